The number of carbonyl (C=O) groups is 1. The second-order valence-electron chi connectivity index (χ2n) is 10.2. The van der Waals surface area contributed by atoms with Gasteiger partial charge in [0.25, 0.3) is 0 Å². The van der Waals surface area contributed by atoms with Gasteiger partial charge in [-0.3, -0.25) is 4.79 Å². The van der Waals surface area contributed by atoms with E-state index in [1.807, 2.05) is 6.92 Å². The van der Waals surface area contributed by atoms with Crippen molar-refractivity contribution in [3.05, 3.63) is 0 Å². The molecule has 6 unspecified atom stereocenters. The van der Waals surface area contributed by atoms with E-state index in [1.165, 1.54) is 38.5 Å². The molecule has 0 aromatic rings. The molecular formula is C21H34O3. The van der Waals surface area contributed by atoms with E-state index in [9.17, 15) is 15.0 Å². The molecule has 3 heteroatoms. The lowest BCUT2D eigenvalue weighted by atomic mass is 9.41. The van der Waals surface area contributed by atoms with Crippen molar-refractivity contribution < 1.29 is 15.0 Å². The van der Waals surface area contributed by atoms with Crippen LogP contribution in [0, 0.1) is 39.9 Å². The van der Waals surface area contributed by atoms with Crippen LogP contribution in [-0.4, -0.2) is 22.3 Å². The number of fused-ring (bicyclic) bond motifs is 5. The van der Waals surface area contributed by atoms with Crippen molar-refractivity contribution in [2.75, 3.05) is 0 Å². The molecule has 0 bridgehead atoms. The highest BCUT2D eigenvalue weighted by atomic mass is 16.4. The predicted molar refractivity (Wildman–Crippen MR) is 93.5 cm³/mol. The third-order valence-electron chi connectivity index (χ3n) is 9.48. The molecule has 0 aliphatic heterocycles. The smallest absolute Gasteiger partial charge is 0.312 e. The Kier molecular flexibility index (Phi) is 3.67. The average Bonchev–Trinajstić information content (AvgIpc) is 2.93. The molecular weight excluding hydrogens is 300 g/mol. The quantitative estimate of drug-likeness (QED) is 0.743. The molecule has 0 aromatic heterocycles. The van der Waals surface area contributed by atoms with E-state index >= 15 is 0 Å². The van der Waals surface area contributed by atoms with Crippen LogP contribution in [0.5, 0.6) is 0 Å². The van der Waals surface area contributed by atoms with Gasteiger partial charge in [0.2, 0.25) is 0 Å². The molecule has 24 heavy (non-hydrogen) atoms. The molecule has 136 valence electrons. The summed E-state index contributed by atoms with van der Waals surface area (Å²) >= 11 is 0. The fourth-order valence-corrected chi connectivity index (χ4v) is 8.06. The number of aliphatic hydroxyl groups excluding tert-OH is 1. The number of aliphatic carboxylic acids is 1. The average molecular weight is 335 g/mol. The maximum Gasteiger partial charge on any atom is 0.312 e. The molecule has 3 nitrogen and oxygen atoms in total. The highest BCUT2D eigenvalue weighted by Gasteiger charge is 2.64. The molecule has 4 aliphatic carbocycles. The van der Waals surface area contributed by atoms with Crippen LogP contribution in [-0.2, 0) is 4.79 Å². The van der Waals surface area contributed by atoms with Crippen LogP contribution in [0.25, 0.3) is 0 Å². The Morgan fingerprint density at radius 1 is 0.917 bits per heavy atom. The molecule has 4 saturated carbocycles. The molecule has 0 amide bonds. The van der Waals surface area contributed by atoms with Crippen molar-refractivity contribution >= 4 is 5.97 Å². The maximum absolute atomic E-state index is 12.1. The van der Waals surface area contributed by atoms with E-state index < -0.39 is 17.5 Å². The summed E-state index contributed by atoms with van der Waals surface area (Å²) in [5.41, 5.74) is -0.317. The summed E-state index contributed by atoms with van der Waals surface area (Å²) in [6.45, 7) is 6.71. The van der Waals surface area contributed by atoms with E-state index in [4.69, 9.17) is 0 Å². The van der Waals surface area contributed by atoms with Crippen molar-refractivity contribution in [2.45, 2.75) is 84.7 Å². The van der Waals surface area contributed by atoms with Crippen LogP contribution in [0.2, 0.25) is 0 Å². The Balaban J connectivity index is 1.70. The third-order valence-corrected chi connectivity index (χ3v) is 9.48. The standard InChI is InChI=1S/C21H34O3/c1-19-10-4-5-14(19)13-6-7-16-20(2,15(13)8-11-19)12-9-17(22)21(16,3)18(23)24/h13-17,22H,4-12H2,1-3H3,(H,23,24)/t13?,14?,15?,16?,17-,19?,20?,21+/m0/s1. The van der Waals surface area contributed by atoms with E-state index in [2.05, 4.69) is 13.8 Å². The molecule has 4 rings (SSSR count). The number of carboxylic acids is 1. The summed E-state index contributed by atoms with van der Waals surface area (Å²) in [6.07, 6.45) is 9.91. The summed E-state index contributed by atoms with van der Waals surface area (Å²) in [6, 6.07) is 0. The topological polar surface area (TPSA) is 57.5 Å². The Hall–Kier alpha value is -0.570. The SMILES string of the molecule is CC12CCCC1C1CCC3C(C)(CC[C@H](O)[C@]3(C)C(=O)O)C1CC2. The second-order valence-corrected chi connectivity index (χ2v) is 10.2. The van der Waals surface area contributed by atoms with Crippen molar-refractivity contribution in [3.8, 4) is 0 Å². The molecule has 0 aromatic carbocycles. The van der Waals surface area contributed by atoms with Gasteiger partial charge in [0.1, 0.15) is 0 Å². The monoisotopic (exact) mass is 334 g/mol. The summed E-state index contributed by atoms with van der Waals surface area (Å²) in [7, 11) is 0. The first-order valence-corrected chi connectivity index (χ1v) is 10.1. The number of aliphatic hydroxyl groups is 1. The molecule has 0 saturated heterocycles. The minimum absolute atomic E-state index is 0.0964. The number of hydrogen-bond acceptors (Lipinski definition) is 2. The van der Waals surface area contributed by atoms with E-state index in [-0.39, 0.29) is 11.3 Å². The van der Waals surface area contributed by atoms with Crippen LogP contribution < -0.4 is 0 Å². The van der Waals surface area contributed by atoms with Crippen molar-refractivity contribution in [1.29, 1.82) is 0 Å². The van der Waals surface area contributed by atoms with Crippen LogP contribution in [0.4, 0.5) is 0 Å². The van der Waals surface area contributed by atoms with Gasteiger partial charge >= 0.3 is 5.97 Å². The summed E-state index contributed by atoms with van der Waals surface area (Å²) < 4.78 is 0. The lowest BCUT2D eigenvalue weighted by molar-refractivity contribution is -0.201. The molecule has 4 fully saturated rings. The molecule has 0 heterocycles. The molecule has 0 radical (unpaired) electrons. The minimum atomic E-state index is -0.964. The van der Waals surface area contributed by atoms with Crippen LogP contribution >= 0.6 is 0 Å². The molecule has 0 spiro atoms. The normalized spacial score (nSPS) is 56.9. The number of hydrogen-bond donors (Lipinski definition) is 2. The number of carboxylic acid groups (broad SMARTS) is 1. The zero-order chi connectivity index (χ0) is 17.3. The van der Waals surface area contributed by atoms with Gasteiger partial charge in [-0.05, 0) is 92.8 Å². The van der Waals surface area contributed by atoms with Crippen molar-refractivity contribution in [3.63, 3.8) is 0 Å². The minimum Gasteiger partial charge on any atom is -0.481 e. The van der Waals surface area contributed by atoms with Gasteiger partial charge in [-0.1, -0.05) is 20.3 Å². The Labute approximate surface area is 146 Å². The van der Waals surface area contributed by atoms with Crippen LogP contribution in [0.15, 0.2) is 0 Å². The lowest BCUT2D eigenvalue weighted by Crippen LogP contribution is -2.61. The first-order valence-electron chi connectivity index (χ1n) is 10.1. The van der Waals surface area contributed by atoms with Gasteiger partial charge in [0, 0.05) is 0 Å². The van der Waals surface area contributed by atoms with Gasteiger partial charge in [-0.2, -0.15) is 0 Å². The summed E-state index contributed by atoms with van der Waals surface area (Å²) in [5.74, 6) is 1.65. The fraction of sp³-hybridized carbons (Fsp3) is 0.952. The van der Waals surface area contributed by atoms with E-state index in [1.54, 1.807) is 0 Å². The molecule has 2 N–H and O–H groups in total. The predicted octanol–water partition coefficient (Wildman–Crippen LogP) is 4.48. The van der Waals surface area contributed by atoms with Gasteiger partial charge < -0.3 is 10.2 Å². The Morgan fingerprint density at radius 3 is 2.38 bits per heavy atom. The highest BCUT2D eigenvalue weighted by Crippen LogP contribution is 2.68. The fourth-order valence-electron chi connectivity index (χ4n) is 8.06. The zero-order valence-corrected chi connectivity index (χ0v) is 15.6. The first-order chi connectivity index (χ1) is 11.2. The summed E-state index contributed by atoms with van der Waals surface area (Å²) in [4.78, 5) is 12.1. The van der Waals surface area contributed by atoms with Crippen LogP contribution in [0.1, 0.15) is 78.6 Å². The maximum atomic E-state index is 12.1. The van der Waals surface area contributed by atoms with Crippen molar-refractivity contribution in [2.24, 2.45) is 39.9 Å². The van der Waals surface area contributed by atoms with Gasteiger partial charge in [0.05, 0.1) is 11.5 Å². The van der Waals surface area contributed by atoms with Crippen LogP contribution in [0.3, 0.4) is 0 Å². The second kappa shape index (κ2) is 5.22. The molecule has 4 aliphatic rings. The van der Waals surface area contributed by atoms with Gasteiger partial charge in [-0.15, -0.1) is 0 Å². The zero-order valence-electron chi connectivity index (χ0n) is 15.6. The number of rotatable bonds is 1. The van der Waals surface area contributed by atoms with Gasteiger partial charge in [-0.25, -0.2) is 0 Å². The highest BCUT2D eigenvalue weighted by molar-refractivity contribution is 5.76. The third kappa shape index (κ3) is 1.97. The van der Waals surface area contributed by atoms with E-state index in [0.29, 0.717) is 17.8 Å². The van der Waals surface area contributed by atoms with Gasteiger partial charge in [0.15, 0.2) is 0 Å². The Bertz CT molecular complexity index is 545. The van der Waals surface area contributed by atoms with E-state index in [0.717, 1.165) is 24.7 Å². The first kappa shape index (κ1) is 16.9. The largest absolute Gasteiger partial charge is 0.481 e. The molecule has 8 atom stereocenters. The summed E-state index contributed by atoms with van der Waals surface area (Å²) in [5, 5.41) is 20.5. The Morgan fingerprint density at radius 2 is 1.67 bits per heavy atom. The van der Waals surface area contributed by atoms with Crippen molar-refractivity contribution in [1.82, 2.24) is 0 Å². The lowest BCUT2D eigenvalue weighted by Gasteiger charge is -2.63.